The van der Waals surface area contributed by atoms with Crippen LogP contribution in [0.2, 0.25) is 0 Å². The molecule has 23 heavy (non-hydrogen) atoms. The van der Waals surface area contributed by atoms with Gasteiger partial charge in [0.15, 0.2) is 6.10 Å². The lowest BCUT2D eigenvalue weighted by Gasteiger charge is -2.13. The van der Waals surface area contributed by atoms with Crippen molar-refractivity contribution in [3.05, 3.63) is 59.8 Å². The van der Waals surface area contributed by atoms with Crippen molar-refractivity contribution in [1.29, 1.82) is 0 Å². The van der Waals surface area contributed by atoms with Crippen molar-refractivity contribution in [3.8, 4) is 0 Å². The fourth-order valence-electron chi connectivity index (χ4n) is 1.84. The van der Waals surface area contributed by atoms with Gasteiger partial charge in [0.25, 0.3) is 5.76 Å². The van der Waals surface area contributed by atoms with E-state index in [1.165, 1.54) is 25.3 Å². The van der Waals surface area contributed by atoms with Crippen LogP contribution in [-0.2, 0) is 4.74 Å². The van der Waals surface area contributed by atoms with E-state index in [0.29, 0.717) is 5.56 Å². The second kappa shape index (κ2) is 7.82. The molecule has 0 N–H and O–H groups in total. The zero-order chi connectivity index (χ0) is 16.8. The Hall–Kier alpha value is -2.28. The molecule has 1 aromatic heterocycles. The number of ether oxygens (including phenoxy) is 1. The number of rotatable bonds is 6. The number of hydrogen-bond donors (Lipinski definition) is 0. The molecule has 0 spiro atoms. The first kappa shape index (κ1) is 17.1. The third-order valence-corrected chi connectivity index (χ3v) is 3.63. The summed E-state index contributed by atoms with van der Waals surface area (Å²) in [5.74, 6) is -3.94. The highest BCUT2D eigenvalue weighted by Gasteiger charge is 2.23. The van der Waals surface area contributed by atoms with Gasteiger partial charge < -0.3 is 4.74 Å². The smallest absolute Gasteiger partial charge is 0.341 e. The van der Waals surface area contributed by atoms with Crippen molar-refractivity contribution in [2.75, 3.05) is 0 Å². The highest BCUT2D eigenvalue weighted by Crippen LogP contribution is 2.27. The summed E-state index contributed by atoms with van der Waals surface area (Å²) in [5.41, 5.74) is 0.312. The molecular formula is C16H13F2NO3S. The summed E-state index contributed by atoms with van der Waals surface area (Å²) in [6.07, 6.45) is 0.273. The van der Waals surface area contributed by atoms with Gasteiger partial charge in [-0.2, -0.15) is 8.78 Å². The lowest BCUT2D eigenvalue weighted by Crippen LogP contribution is -2.24. The number of halogens is 2. The molecule has 7 heteroatoms. The number of ketones is 1. The van der Waals surface area contributed by atoms with Gasteiger partial charge in [-0.1, -0.05) is 30.3 Å². The Kier molecular flexibility index (Phi) is 5.81. The molecule has 0 aliphatic heterocycles. The minimum atomic E-state index is -2.71. The molecule has 1 unspecified atom stereocenters. The quantitative estimate of drug-likeness (QED) is 0.456. The SMILES string of the molecule is CC(OC(=O)c1cccnc1SC(F)F)C(=O)c1ccccc1. The molecule has 0 amide bonds. The molecule has 0 saturated heterocycles. The Bertz CT molecular complexity index is 695. The number of pyridine rings is 1. The number of Topliss-reactive ketones (excluding diaryl/α,β-unsaturated/α-hetero) is 1. The van der Waals surface area contributed by atoms with Crippen LogP contribution >= 0.6 is 11.8 Å². The van der Waals surface area contributed by atoms with E-state index in [-0.39, 0.29) is 28.1 Å². The zero-order valence-corrected chi connectivity index (χ0v) is 12.9. The number of carbonyl (C=O) groups is 2. The minimum Gasteiger partial charge on any atom is -0.451 e. The molecule has 0 aliphatic rings. The highest BCUT2D eigenvalue weighted by atomic mass is 32.2. The van der Waals surface area contributed by atoms with Gasteiger partial charge in [-0.3, -0.25) is 4.79 Å². The lowest BCUT2D eigenvalue weighted by molar-refractivity contribution is 0.0314. The van der Waals surface area contributed by atoms with Crippen LogP contribution in [0.3, 0.4) is 0 Å². The molecule has 0 aliphatic carbocycles. The van der Waals surface area contributed by atoms with E-state index in [1.807, 2.05) is 0 Å². The first-order valence-corrected chi connectivity index (χ1v) is 7.57. The number of thioether (sulfide) groups is 1. The predicted octanol–water partition coefficient (Wildman–Crippen LogP) is 3.82. The summed E-state index contributed by atoms with van der Waals surface area (Å²) in [6, 6.07) is 11.1. The Labute approximate surface area is 135 Å². The maximum absolute atomic E-state index is 12.5. The molecule has 2 aromatic rings. The summed E-state index contributed by atoms with van der Waals surface area (Å²) in [7, 11) is 0. The van der Waals surface area contributed by atoms with E-state index in [1.54, 1.807) is 30.3 Å². The normalized spacial score (nSPS) is 12.0. The van der Waals surface area contributed by atoms with E-state index < -0.39 is 17.8 Å². The van der Waals surface area contributed by atoms with E-state index >= 15 is 0 Å². The third-order valence-electron chi connectivity index (χ3n) is 2.90. The zero-order valence-electron chi connectivity index (χ0n) is 12.1. The molecule has 0 radical (unpaired) electrons. The number of esters is 1. The van der Waals surface area contributed by atoms with Crippen molar-refractivity contribution in [1.82, 2.24) is 4.98 Å². The van der Waals surface area contributed by atoms with Crippen molar-refractivity contribution < 1.29 is 23.1 Å². The van der Waals surface area contributed by atoms with E-state index in [0.717, 1.165) is 0 Å². The van der Waals surface area contributed by atoms with Crippen LogP contribution in [0.25, 0.3) is 0 Å². The van der Waals surface area contributed by atoms with Gasteiger partial charge >= 0.3 is 5.97 Å². The van der Waals surface area contributed by atoms with Crippen LogP contribution in [0, 0.1) is 0 Å². The average molecular weight is 337 g/mol. The summed E-state index contributed by atoms with van der Waals surface area (Å²) in [6.45, 7) is 1.43. The standard InChI is InChI=1S/C16H13F2NO3S/c1-10(13(20)11-6-3-2-4-7-11)22-15(21)12-8-5-9-19-14(12)23-16(17)18/h2-10,16H,1H3. The first-order valence-electron chi connectivity index (χ1n) is 6.69. The first-order chi connectivity index (χ1) is 11.0. The average Bonchev–Trinajstić information content (AvgIpc) is 2.54. The van der Waals surface area contributed by atoms with Crippen LogP contribution in [0.1, 0.15) is 27.6 Å². The van der Waals surface area contributed by atoms with Gasteiger partial charge in [-0.05, 0) is 30.8 Å². The Morgan fingerprint density at radius 3 is 2.48 bits per heavy atom. The number of aromatic nitrogens is 1. The topological polar surface area (TPSA) is 56.3 Å². The predicted molar refractivity (Wildman–Crippen MR) is 81.7 cm³/mol. The van der Waals surface area contributed by atoms with Crippen molar-refractivity contribution in [2.45, 2.75) is 23.8 Å². The van der Waals surface area contributed by atoms with Gasteiger partial charge in [0, 0.05) is 11.8 Å². The monoisotopic (exact) mass is 337 g/mol. The van der Waals surface area contributed by atoms with Gasteiger partial charge in [-0.15, -0.1) is 0 Å². The number of carbonyl (C=O) groups excluding carboxylic acids is 2. The maximum Gasteiger partial charge on any atom is 0.341 e. The molecule has 0 fully saturated rings. The van der Waals surface area contributed by atoms with E-state index in [9.17, 15) is 18.4 Å². The molecule has 4 nitrogen and oxygen atoms in total. The summed E-state index contributed by atoms with van der Waals surface area (Å²) < 4.78 is 30.1. The van der Waals surface area contributed by atoms with Gasteiger partial charge in [0.2, 0.25) is 5.78 Å². The fourth-order valence-corrected chi connectivity index (χ4v) is 2.41. The second-order valence-electron chi connectivity index (χ2n) is 4.51. The third kappa shape index (κ3) is 4.59. The molecule has 2 rings (SSSR count). The van der Waals surface area contributed by atoms with Crippen LogP contribution in [0.4, 0.5) is 8.78 Å². The van der Waals surface area contributed by atoms with Crippen LogP contribution in [0.5, 0.6) is 0 Å². The summed E-state index contributed by atoms with van der Waals surface area (Å²) >= 11 is 0.155. The second-order valence-corrected chi connectivity index (χ2v) is 5.49. The van der Waals surface area contributed by atoms with Gasteiger partial charge in [0.1, 0.15) is 5.03 Å². The van der Waals surface area contributed by atoms with Crippen LogP contribution in [-0.4, -0.2) is 28.6 Å². The maximum atomic E-state index is 12.5. The van der Waals surface area contributed by atoms with Crippen molar-refractivity contribution >= 4 is 23.5 Å². The van der Waals surface area contributed by atoms with Crippen molar-refractivity contribution in [3.63, 3.8) is 0 Å². The number of alkyl halides is 2. The van der Waals surface area contributed by atoms with Gasteiger partial charge in [-0.25, -0.2) is 9.78 Å². The van der Waals surface area contributed by atoms with E-state index in [2.05, 4.69) is 4.98 Å². The van der Waals surface area contributed by atoms with Gasteiger partial charge in [0.05, 0.1) is 5.56 Å². The number of hydrogen-bond acceptors (Lipinski definition) is 5. The Balaban J connectivity index is 2.11. The lowest BCUT2D eigenvalue weighted by atomic mass is 10.1. The van der Waals surface area contributed by atoms with Crippen LogP contribution < -0.4 is 0 Å². The molecule has 0 saturated carbocycles. The van der Waals surface area contributed by atoms with Crippen LogP contribution in [0.15, 0.2) is 53.7 Å². The largest absolute Gasteiger partial charge is 0.451 e. The molecule has 120 valence electrons. The van der Waals surface area contributed by atoms with E-state index in [4.69, 9.17) is 4.74 Å². The molecular weight excluding hydrogens is 324 g/mol. The summed E-state index contributed by atoms with van der Waals surface area (Å²) in [4.78, 5) is 28.0. The molecule has 0 bridgehead atoms. The molecule has 1 atom stereocenters. The fraction of sp³-hybridized carbons (Fsp3) is 0.188. The summed E-state index contributed by atoms with van der Waals surface area (Å²) in [5, 5.41) is -0.133. The Morgan fingerprint density at radius 2 is 1.83 bits per heavy atom. The highest BCUT2D eigenvalue weighted by molar-refractivity contribution is 7.99. The number of benzene rings is 1. The molecule has 1 heterocycles. The van der Waals surface area contributed by atoms with Crippen molar-refractivity contribution in [2.24, 2.45) is 0 Å². The Morgan fingerprint density at radius 1 is 1.13 bits per heavy atom. The molecule has 1 aromatic carbocycles. The number of nitrogens with zero attached hydrogens (tertiary/aromatic N) is 1. The minimum absolute atomic E-state index is 0.0921.